The smallest absolute Gasteiger partial charge is 0.410 e. The Morgan fingerprint density at radius 2 is 1.36 bits per heavy atom. The monoisotopic (exact) mass is 655 g/mol. The van der Waals surface area contributed by atoms with E-state index in [1.165, 1.54) is 0 Å². The summed E-state index contributed by atoms with van der Waals surface area (Å²) in [6.45, 7) is 1.98. The van der Waals surface area contributed by atoms with Crippen molar-refractivity contribution in [3.8, 4) is 0 Å². The molecule has 4 amide bonds. The maximum Gasteiger partial charge on any atom is 0.410 e. The number of aliphatic hydroxyl groups is 1. The molecule has 14 nitrogen and oxygen atoms in total. The van der Waals surface area contributed by atoms with E-state index in [2.05, 4.69) is 20.9 Å². The highest BCUT2D eigenvalue weighted by Gasteiger charge is 2.16. The third-order valence-electron chi connectivity index (χ3n) is 6.83. The minimum absolute atomic E-state index is 0.0183. The zero-order valence-corrected chi connectivity index (χ0v) is 26.9. The molecule has 0 fully saturated rings. The van der Waals surface area contributed by atoms with Crippen LogP contribution in [-0.2, 0) is 32.3 Å². The first-order chi connectivity index (χ1) is 22.7. The fourth-order valence-corrected chi connectivity index (χ4v) is 4.32. The Morgan fingerprint density at radius 1 is 0.745 bits per heavy atom. The first kappa shape index (κ1) is 38.3. The van der Waals surface area contributed by atoms with Gasteiger partial charge in [-0.25, -0.2) is 9.59 Å². The van der Waals surface area contributed by atoms with Gasteiger partial charge in [-0.15, -0.1) is 0 Å². The summed E-state index contributed by atoms with van der Waals surface area (Å²) >= 11 is 0. The van der Waals surface area contributed by atoms with E-state index in [9.17, 15) is 24.3 Å². The van der Waals surface area contributed by atoms with E-state index < -0.39 is 24.2 Å². The van der Waals surface area contributed by atoms with E-state index in [1.54, 1.807) is 4.90 Å². The van der Waals surface area contributed by atoms with Crippen molar-refractivity contribution in [2.75, 3.05) is 39.3 Å². The lowest BCUT2D eigenvalue weighted by molar-refractivity contribution is -0.127. The van der Waals surface area contributed by atoms with Crippen molar-refractivity contribution in [3.63, 3.8) is 0 Å². The number of alkyl carbamates (subject to hydrolysis) is 1. The molecule has 0 radical (unpaired) electrons. The van der Waals surface area contributed by atoms with Crippen LogP contribution >= 0.6 is 0 Å². The van der Waals surface area contributed by atoms with Crippen LogP contribution in [0.4, 0.5) is 9.59 Å². The summed E-state index contributed by atoms with van der Waals surface area (Å²) in [6.07, 6.45) is 1.52. The van der Waals surface area contributed by atoms with E-state index >= 15 is 0 Å². The maximum atomic E-state index is 12.9. The first-order valence-electron chi connectivity index (χ1n) is 15.9. The molecule has 1 unspecified atom stereocenters. The maximum absolute atomic E-state index is 12.9. The van der Waals surface area contributed by atoms with E-state index in [4.69, 9.17) is 20.9 Å². The molecule has 0 bridgehead atoms. The summed E-state index contributed by atoms with van der Waals surface area (Å²) in [5.41, 5.74) is 12.3. The van der Waals surface area contributed by atoms with Crippen LogP contribution < -0.4 is 27.4 Å². The number of hydrogen-bond donors (Lipinski definition) is 6. The summed E-state index contributed by atoms with van der Waals surface area (Å²) in [6, 6.07) is 18.7. The largest absolute Gasteiger partial charge is 0.445 e. The Balaban J connectivity index is 1.65. The van der Waals surface area contributed by atoms with Gasteiger partial charge in [0.1, 0.15) is 13.2 Å². The number of amides is 4. The van der Waals surface area contributed by atoms with Crippen molar-refractivity contribution < 1.29 is 33.8 Å². The SMILES string of the molecule is NC(N)=NCCCCC(O)CC(=O)NCC(=O)NCCCCN(CCCNC(=O)OCc1ccccc1)C(=O)OCc1ccccc1. The molecule has 0 heterocycles. The van der Waals surface area contributed by atoms with E-state index in [-0.39, 0.29) is 38.0 Å². The molecule has 0 aliphatic rings. The van der Waals surface area contributed by atoms with Gasteiger partial charge in [0.25, 0.3) is 0 Å². The van der Waals surface area contributed by atoms with Crippen LogP contribution in [0.25, 0.3) is 0 Å². The molecule has 0 aliphatic heterocycles. The molecule has 47 heavy (non-hydrogen) atoms. The van der Waals surface area contributed by atoms with Crippen molar-refractivity contribution in [1.82, 2.24) is 20.9 Å². The first-order valence-corrected chi connectivity index (χ1v) is 15.9. The molecule has 0 aliphatic carbocycles. The summed E-state index contributed by atoms with van der Waals surface area (Å²) in [5.74, 6) is -0.750. The zero-order chi connectivity index (χ0) is 34.1. The fourth-order valence-electron chi connectivity index (χ4n) is 4.32. The number of nitrogens with zero attached hydrogens (tertiary/aromatic N) is 2. The van der Waals surface area contributed by atoms with Crippen molar-refractivity contribution in [2.24, 2.45) is 16.5 Å². The molecule has 0 saturated heterocycles. The molecular weight excluding hydrogens is 606 g/mol. The lowest BCUT2D eigenvalue weighted by atomic mass is 10.1. The van der Waals surface area contributed by atoms with Crippen LogP contribution in [0, 0.1) is 0 Å². The van der Waals surface area contributed by atoms with Crippen molar-refractivity contribution >= 4 is 30.0 Å². The number of aliphatic hydroxyl groups excluding tert-OH is 1. The van der Waals surface area contributed by atoms with Gasteiger partial charge in [0, 0.05) is 32.7 Å². The van der Waals surface area contributed by atoms with Crippen LogP contribution in [0.5, 0.6) is 0 Å². The van der Waals surface area contributed by atoms with E-state index in [0.29, 0.717) is 71.2 Å². The molecule has 14 heteroatoms. The van der Waals surface area contributed by atoms with Crippen LogP contribution in [0.15, 0.2) is 65.7 Å². The molecule has 2 aromatic rings. The number of carbonyl (C=O) groups excluding carboxylic acids is 4. The average Bonchev–Trinajstić information content (AvgIpc) is 3.06. The van der Waals surface area contributed by atoms with Gasteiger partial charge in [0.2, 0.25) is 11.8 Å². The number of carbonyl (C=O) groups is 4. The third kappa shape index (κ3) is 19.3. The quantitative estimate of drug-likeness (QED) is 0.0622. The topological polar surface area (TPSA) is 211 Å². The Labute approximate surface area is 276 Å². The van der Waals surface area contributed by atoms with Gasteiger partial charge >= 0.3 is 12.2 Å². The van der Waals surface area contributed by atoms with Gasteiger partial charge in [-0.05, 0) is 49.7 Å². The second-order valence-electron chi connectivity index (χ2n) is 10.9. The van der Waals surface area contributed by atoms with Crippen LogP contribution in [0.1, 0.15) is 56.1 Å². The molecular formula is C33H49N7O7. The summed E-state index contributed by atoms with van der Waals surface area (Å²) in [7, 11) is 0. The fraction of sp³-hybridized carbons (Fsp3) is 0.485. The number of nitrogens with one attached hydrogen (secondary N) is 3. The summed E-state index contributed by atoms with van der Waals surface area (Å²) in [5, 5.41) is 18.0. The average molecular weight is 656 g/mol. The lowest BCUT2D eigenvalue weighted by Gasteiger charge is -2.22. The van der Waals surface area contributed by atoms with Crippen LogP contribution in [-0.4, -0.2) is 85.3 Å². The molecule has 0 aromatic heterocycles. The van der Waals surface area contributed by atoms with Gasteiger partial charge in [-0.2, -0.15) is 0 Å². The van der Waals surface area contributed by atoms with Crippen LogP contribution in [0.2, 0.25) is 0 Å². The minimum atomic E-state index is -0.816. The molecule has 0 spiro atoms. The number of rotatable bonds is 22. The Bertz CT molecular complexity index is 1230. The summed E-state index contributed by atoms with van der Waals surface area (Å²) in [4.78, 5) is 54.6. The summed E-state index contributed by atoms with van der Waals surface area (Å²) < 4.78 is 10.7. The van der Waals surface area contributed by atoms with Crippen LogP contribution in [0.3, 0.4) is 0 Å². The van der Waals surface area contributed by atoms with E-state index in [1.807, 2.05) is 60.7 Å². The standard InChI is InChI=1S/C33H49N7O7/c34-31(35)37-18-8-7-16-28(41)22-29(42)39-23-30(43)36-17-9-10-20-40(33(45)47-25-27-14-5-2-6-15-27)21-11-19-38-32(44)46-24-26-12-3-1-4-13-26/h1-6,12-15,28,41H,7-11,16-25H2,(H,36,43)(H,38,44)(H,39,42)(H4,34,35,37). The lowest BCUT2D eigenvalue weighted by Crippen LogP contribution is -2.38. The Kier molecular flexibility index (Phi) is 19.2. The normalized spacial score (nSPS) is 11.1. The van der Waals surface area contributed by atoms with Gasteiger partial charge in [-0.1, -0.05) is 60.7 Å². The highest BCUT2D eigenvalue weighted by Crippen LogP contribution is 2.07. The van der Waals surface area contributed by atoms with E-state index in [0.717, 1.165) is 11.1 Å². The molecule has 0 saturated carbocycles. The van der Waals surface area contributed by atoms with Gasteiger partial charge in [-0.3, -0.25) is 14.6 Å². The molecule has 2 rings (SSSR count). The van der Waals surface area contributed by atoms with Crippen molar-refractivity contribution in [2.45, 2.75) is 64.3 Å². The van der Waals surface area contributed by atoms with Gasteiger partial charge < -0.3 is 46.9 Å². The van der Waals surface area contributed by atoms with Gasteiger partial charge in [0.15, 0.2) is 5.96 Å². The minimum Gasteiger partial charge on any atom is -0.445 e. The van der Waals surface area contributed by atoms with Gasteiger partial charge in [0.05, 0.1) is 19.1 Å². The highest BCUT2D eigenvalue weighted by atomic mass is 16.6. The number of ether oxygens (including phenoxy) is 2. The Hall–Kier alpha value is -4.85. The molecule has 8 N–H and O–H groups in total. The molecule has 258 valence electrons. The predicted octanol–water partition coefficient (Wildman–Crippen LogP) is 2.15. The number of unbranched alkanes of at least 4 members (excludes halogenated alkanes) is 2. The molecule has 2 aromatic carbocycles. The third-order valence-corrected chi connectivity index (χ3v) is 6.83. The highest BCUT2D eigenvalue weighted by molar-refractivity contribution is 5.84. The number of benzene rings is 2. The second kappa shape index (κ2) is 23.5. The predicted molar refractivity (Wildman–Crippen MR) is 178 cm³/mol. The second-order valence-corrected chi connectivity index (χ2v) is 10.9. The zero-order valence-electron chi connectivity index (χ0n) is 26.9. The number of aliphatic imine (C=N–C) groups is 1. The number of guanidine groups is 1. The van der Waals surface area contributed by atoms with Crippen molar-refractivity contribution in [3.05, 3.63) is 71.8 Å². The number of hydrogen-bond acceptors (Lipinski definition) is 8. The number of nitrogens with two attached hydrogens (primary N) is 2. The van der Waals surface area contributed by atoms with Crippen molar-refractivity contribution in [1.29, 1.82) is 0 Å². The molecule has 1 atom stereocenters. The Morgan fingerprint density at radius 3 is 2.02 bits per heavy atom.